The zero-order valence-electron chi connectivity index (χ0n) is 19.0. The summed E-state index contributed by atoms with van der Waals surface area (Å²) in [6, 6.07) is -4.52. The van der Waals surface area contributed by atoms with Gasteiger partial charge in [0.25, 0.3) is 0 Å². The van der Waals surface area contributed by atoms with Crippen LogP contribution in [0.2, 0.25) is 0 Å². The van der Waals surface area contributed by atoms with Crippen molar-refractivity contribution in [1.82, 2.24) is 16.0 Å². The van der Waals surface area contributed by atoms with Crippen LogP contribution in [0.15, 0.2) is 0 Å². The Morgan fingerprint density at radius 1 is 0.742 bits per heavy atom. The number of hydrogen-bond donors (Lipinski definition) is 6. The highest BCUT2D eigenvalue weighted by Crippen LogP contribution is 2.09. The van der Waals surface area contributed by atoms with E-state index >= 15 is 0 Å². The predicted molar refractivity (Wildman–Crippen MR) is 113 cm³/mol. The summed E-state index contributed by atoms with van der Waals surface area (Å²) in [7, 11) is 0. The molecule has 0 aliphatic rings. The van der Waals surface area contributed by atoms with Crippen LogP contribution in [0.25, 0.3) is 0 Å². The maximum atomic E-state index is 12.8. The van der Waals surface area contributed by atoms with Crippen LogP contribution in [-0.4, -0.2) is 64.0 Å². The van der Waals surface area contributed by atoms with Crippen LogP contribution >= 0.6 is 0 Å². The topological polar surface area (TPSA) is 188 Å². The van der Waals surface area contributed by atoms with Crippen molar-refractivity contribution in [3.63, 3.8) is 0 Å². The molecule has 31 heavy (non-hydrogen) atoms. The number of nitrogens with one attached hydrogen (secondary N) is 3. The summed E-state index contributed by atoms with van der Waals surface area (Å²) in [5, 5.41) is 25.2. The number of nitrogens with two attached hydrogens (primary N) is 1. The fourth-order valence-corrected chi connectivity index (χ4v) is 2.82. The lowest BCUT2D eigenvalue weighted by atomic mass is 9.98. The summed E-state index contributed by atoms with van der Waals surface area (Å²) in [5.41, 5.74) is 5.88. The molecule has 0 aromatic carbocycles. The van der Waals surface area contributed by atoms with Crippen molar-refractivity contribution in [2.45, 2.75) is 78.6 Å². The Balaban J connectivity index is 5.36. The van der Waals surface area contributed by atoms with Gasteiger partial charge in [0.1, 0.15) is 18.1 Å². The smallest absolute Gasteiger partial charge is 0.326 e. The lowest BCUT2D eigenvalue weighted by molar-refractivity contribution is -0.147. The minimum atomic E-state index is -1.64. The molecule has 4 atom stereocenters. The maximum absolute atomic E-state index is 12.8. The number of carbonyl (C=O) groups excluding carboxylic acids is 3. The molecule has 0 heterocycles. The minimum absolute atomic E-state index is 0.189. The van der Waals surface area contributed by atoms with Crippen molar-refractivity contribution in [3.05, 3.63) is 0 Å². The molecule has 0 aromatic heterocycles. The van der Waals surface area contributed by atoms with Gasteiger partial charge in [0.15, 0.2) is 0 Å². The summed E-state index contributed by atoms with van der Waals surface area (Å²) < 4.78 is 0. The van der Waals surface area contributed by atoms with Crippen LogP contribution in [0.4, 0.5) is 0 Å². The first kappa shape index (κ1) is 28.3. The number of carboxylic acids is 2. The number of rotatable bonds is 13. The molecule has 11 nitrogen and oxygen atoms in total. The average molecular weight is 445 g/mol. The van der Waals surface area contributed by atoms with E-state index in [4.69, 9.17) is 15.9 Å². The third kappa shape index (κ3) is 10.3. The van der Waals surface area contributed by atoms with Crippen molar-refractivity contribution in [2.24, 2.45) is 23.5 Å². The Morgan fingerprint density at radius 2 is 1.16 bits per heavy atom. The normalized spacial score (nSPS) is 15.2. The maximum Gasteiger partial charge on any atom is 0.326 e. The molecule has 3 amide bonds. The van der Waals surface area contributed by atoms with Gasteiger partial charge in [-0.15, -0.1) is 0 Å². The number of hydrogen-bond acceptors (Lipinski definition) is 6. The number of carbonyl (C=O) groups is 5. The summed E-state index contributed by atoms with van der Waals surface area (Å²) in [4.78, 5) is 59.8. The van der Waals surface area contributed by atoms with Crippen molar-refractivity contribution in [2.75, 3.05) is 0 Å². The summed E-state index contributed by atoms with van der Waals surface area (Å²) in [5.74, 6) is -5.40. The van der Waals surface area contributed by atoms with Crippen LogP contribution in [0, 0.1) is 17.8 Å². The molecule has 178 valence electrons. The second-order valence-corrected chi connectivity index (χ2v) is 8.69. The molecule has 0 aliphatic carbocycles. The Hall–Kier alpha value is -2.69. The van der Waals surface area contributed by atoms with Crippen LogP contribution < -0.4 is 21.7 Å². The first-order valence-corrected chi connectivity index (χ1v) is 10.3. The van der Waals surface area contributed by atoms with Crippen LogP contribution in [0.3, 0.4) is 0 Å². The predicted octanol–water partition coefficient (Wildman–Crippen LogP) is -0.314. The standard InChI is InChI=1S/C20H36N4O7/c1-9(2)7-12(21)17(27)23-16(11(5)6)19(29)24-15(10(3)4)18(28)22-13(20(30)31)8-14(25)26/h9-13,15-16H,7-8,21H2,1-6H3,(H,22,28)(H,23,27)(H,24,29)(H,25,26)(H,30,31). The van der Waals surface area contributed by atoms with E-state index in [0.29, 0.717) is 6.42 Å². The third-order valence-corrected chi connectivity index (χ3v) is 4.55. The van der Waals surface area contributed by atoms with Crippen molar-refractivity contribution < 1.29 is 34.2 Å². The highest BCUT2D eigenvalue weighted by atomic mass is 16.4. The highest BCUT2D eigenvalue weighted by molar-refractivity contribution is 5.94. The van der Waals surface area contributed by atoms with E-state index in [1.165, 1.54) is 0 Å². The van der Waals surface area contributed by atoms with Crippen molar-refractivity contribution in [1.29, 1.82) is 0 Å². The van der Waals surface area contributed by atoms with Gasteiger partial charge in [-0.25, -0.2) is 4.79 Å². The molecule has 0 aromatic rings. The zero-order valence-corrected chi connectivity index (χ0v) is 19.0. The summed E-state index contributed by atoms with van der Waals surface area (Å²) in [6.45, 7) is 10.5. The lowest BCUT2D eigenvalue weighted by Gasteiger charge is -2.28. The van der Waals surface area contributed by atoms with E-state index in [1.54, 1.807) is 27.7 Å². The van der Waals surface area contributed by atoms with Gasteiger partial charge in [-0.3, -0.25) is 19.2 Å². The fraction of sp³-hybridized carbons (Fsp3) is 0.750. The van der Waals surface area contributed by atoms with E-state index in [0.717, 1.165) is 0 Å². The second-order valence-electron chi connectivity index (χ2n) is 8.69. The summed E-state index contributed by atoms with van der Waals surface area (Å²) in [6.07, 6.45) is -0.367. The Bertz CT molecular complexity index is 664. The van der Waals surface area contributed by atoms with Crippen LogP contribution in [0.1, 0.15) is 54.4 Å². The van der Waals surface area contributed by atoms with Gasteiger partial charge >= 0.3 is 11.9 Å². The Labute approximate surface area is 182 Å². The van der Waals surface area contributed by atoms with Gasteiger partial charge < -0.3 is 31.9 Å². The van der Waals surface area contributed by atoms with Crippen LogP contribution in [-0.2, 0) is 24.0 Å². The molecule has 11 heteroatoms. The Kier molecular flexibility index (Phi) is 11.8. The SMILES string of the molecule is CC(C)CC(N)C(=O)NC(C(=O)NC(C(=O)NC(CC(=O)O)C(=O)O)C(C)C)C(C)C. The van der Waals surface area contributed by atoms with Gasteiger partial charge in [0.05, 0.1) is 12.5 Å². The number of carboxylic acid groups (broad SMARTS) is 2. The molecule has 0 saturated heterocycles. The molecule has 0 aliphatic heterocycles. The van der Waals surface area contributed by atoms with Crippen molar-refractivity contribution >= 4 is 29.7 Å². The number of aliphatic carboxylic acids is 2. The van der Waals surface area contributed by atoms with E-state index in [2.05, 4.69) is 16.0 Å². The molecule has 0 spiro atoms. The van der Waals surface area contributed by atoms with Crippen molar-refractivity contribution in [3.8, 4) is 0 Å². The second kappa shape index (κ2) is 12.9. The monoisotopic (exact) mass is 444 g/mol. The van der Waals surface area contributed by atoms with Gasteiger partial charge in [-0.2, -0.15) is 0 Å². The van der Waals surface area contributed by atoms with Gasteiger partial charge in [0, 0.05) is 0 Å². The first-order valence-electron chi connectivity index (χ1n) is 10.3. The molecule has 7 N–H and O–H groups in total. The van der Waals surface area contributed by atoms with Gasteiger partial charge in [0.2, 0.25) is 17.7 Å². The molecule has 0 bridgehead atoms. The average Bonchev–Trinajstić information content (AvgIpc) is 2.61. The highest BCUT2D eigenvalue weighted by Gasteiger charge is 2.33. The minimum Gasteiger partial charge on any atom is -0.481 e. The number of amides is 3. The molecule has 0 fully saturated rings. The fourth-order valence-electron chi connectivity index (χ4n) is 2.82. The van der Waals surface area contributed by atoms with Gasteiger partial charge in [-0.1, -0.05) is 41.5 Å². The molecule has 0 rings (SSSR count). The van der Waals surface area contributed by atoms with Gasteiger partial charge in [-0.05, 0) is 24.2 Å². The van der Waals surface area contributed by atoms with Crippen LogP contribution in [0.5, 0.6) is 0 Å². The van der Waals surface area contributed by atoms with E-state index in [9.17, 15) is 24.0 Å². The molecule has 4 unspecified atom stereocenters. The quantitative estimate of drug-likeness (QED) is 0.223. The van der Waals surface area contributed by atoms with E-state index in [-0.39, 0.29) is 11.8 Å². The molecular formula is C20H36N4O7. The largest absolute Gasteiger partial charge is 0.481 e. The van der Waals surface area contributed by atoms with E-state index < -0.39 is 66.2 Å². The third-order valence-electron chi connectivity index (χ3n) is 4.55. The summed E-state index contributed by atoms with van der Waals surface area (Å²) >= 11 is 0. The molecule has 0 radical (unpaired) electrons. The molecular weight excluding hydrogens is 408 g/mol. The lowest BCUT2D eigenvalue weighted by Crippen LogP contribution is -2.59. The zero-order chi connectivity index (χ0) is 24.5. The Morgan fingerprint density at radius 3 is 1.52 bits per heavy atom. The van der Waals surface area contributed by atoms with E-state index in [1.807, 2.05) is 13.8 Å². The molecule has 0 saturated carbocycles. The first-order chi connectivity index (χ1) is 14.2.